The maximum absolute atomic E-state index is 4.08. The molecular weight excluding hydrogens is 356 g/mol. The van der Waals surface area contributed by atoms with Gasteiger partial charge in [0.25, 0.3) is 0 Å². The van der Waals surface area contributed by atoms with E-state index in [2.05, 4.69) is 110 Å². The smallest absolute Gasteiger partial charge is 0.0738 e. The van der Waals surface area contributed by atoms with Crippen molar-refractivity contribution in [1.82, 2.24) is 20.0 Å². The Morgan fingerprint density at radius 1 is 0.931 bits per heavy atom. The van der Waals surface area contributed by atoms with Crippen LogP contribution in [0.15, 0.2) is 0 Å². The summed E-state index contributed by atoms with van der Waals surface area (Å²) in [5.74, 6) is 0. The highest BCUT2D eigenvalue weighted by Crippen LogP contribution is 2.41. The minimum Gasteiger partial charge on any atom is -0.295 e. The fraction of sp³-hybridized carbons (Fsp3) is 1.00. The first kappa shape index (κ1) is 25.1. The molecule has 4 unspecified atom stereocenters. The van der Waals surface area contributed by atoms with E-state index in [4.69, 9.17) is 0 Å². The van der Waals surface area contributed by atoms with E-state index >= 15 is 0 Å². The van der Waals surface area contributed by atoms with Crippen LogP contribution >= 0.6 is 0 Å². The summed E-state index contributed by atoms with van der Waals surface area (Å²) in [6.45, 7) is 33.4. The van der Waals surface area contributed by atoms with Crippen LogP contribution in [0.25, 0.3) is 0 Å². The molecule has 4 nitrogen and oxygen atoms in total. The van der Waals surface area contributed by atoms with Crippen LogP contribution in [-0.2, 0) is 0 Å². The molecule has 172 valence electrons. The topological polar surface area (TPSA) is 21.8 Å². The van der Waals surface area contributed by atoms with Crippen LogP contribution in [-0.4, -0.2) is 69.8 Å². The highest BCUT2D eigenvalue weighted by Gasteiger charge is 2.51. The van der Waals surface area contributed by atoms with Crippen molar-refractivity contribution in [1.29, 1.82) is 0 Å². The molecule has 2 rings (SSSR count). The summed E-state index contributed by atoms with van der Waals surface area (Å²) in [7, 11) is 0. The predicted octanol–water partition coefficient (Wildman–Crippen LogP) is 5.00. The molecule has 0 amide bonds. The lowest BCUT2D eigenvalue weighted by Gasteiger charge is -2.47. The molecule has 5 atom stereocenters. The van der Waals surface area contributed by atoms with Crippen molar-refractivity contribution in [2.24, 2.45) is 10.8 Å². The Bertz CT molecular complexity index is 544. The van der Waals surface area contributed by atoms with Gasteiger partial charge in [-0.1, -0.05) is 41.5 Å². The molecule has 2 fully saturated rings. The molecule has 0 radical (unpaired) electrons. The van der Waals surface area contributed by atoms with Gasteiger partial charge in [0, 0.05) is 43.3 Å². The Balaban J connectivity index is 2.20. The Hall–Kier alpha value is -0.160. The van der Waals surface area contributed by atoms with Gasteiger partial charge < -0.3 is 0 Å². The van der Waals surface area contributed by atoms with E-state index in [1.807, 2.05) is 0 Å². The lowest BCUT2D eigenvalue weighted by molar-refractivity contribution is -0.00788. The van der Waals surface area contributed by atoms with Gasteiger partial charge in [-0.05, 0) is 65.7 Å². The third-order valence-corrected chi connectivity index (χ3v) is 7.70. The quantitative estimate of drug-likeness (QED) is 0.691. The van der Waals surface area contributed by atoms with E-state index < -0.39 is 0 Å². The summed E-state index contributed by atoms with van der Waals surface area (Å²) >= 11 is 0. The Morgan fingerprint density at radius 3 is 1.86 bits per heavy atom. The second-order valence-corrected chi connectivity index (χ2v) is 12.8. The molecule has 0 aromatic rings. The zero-order valence-corrected chi connectivity index (χ0v) is 21.9. The predicted molar refractivity (Wildman–Crippen MR) is 127 cm³/mol. The second kappa shape index (κ2) is 8.41. The number of nitrogens with one attached hydrogen (secondary N) is 1. The van der Waals surface area contributed by atoms with Gasteiger partial charge in [-0.2, -0.15) is 0 Å². The molecule has 2 heterocycles. The van der Waals surface area contributed by atoms with Crippen molar-refractivity contribution in [3.63, 3.8) is 0 Å². The van der Waals surface area contributed by atoms with E-state index in [1.54, 1.807) is 0 Å². The molecule has 4 heteroatoms. The Labute approximate surface area is 182 Å². The minimum absolute atomic E-state index is 0.0389. The fourth-order valence-corrected chi connectivity index (χ4v) is 6.07. The molecule has 0 saturated carbocycles. The van der Waals surface area contributed by atoms with Gasteiger partial charge >= 0.3 is 0 Å². The van der Waals surface area contributed by atoms with Crippen LogP contribution in [0.4, 0.5) is 0 Å². The Morgan fingerprint density at radius 2 is 1.48 bits per heavy atom. The van der Waals surface area contributed by atoms with Crippen molar-refractivity contribution in [3.8, 4) is 0 Å². The molecule has 0 spiro atoms. The van der Waals surface area contributed by atoms with Gasteiger partial charge in [0.2, 0.25) is 0 Å². The van der Waals surface area contributed by atoms with Gasteiger partial charge in [0.1, 0.15) is 0 Å². The first-order chi connectivity index (χ1) is 13.0. The van der Waals surface area contributed by atoms with Gasteiger partial charge in [-0.15, -0.1) is 0 Å². The molecule has 2 aliphatic rings. The van der Waals surface area contributed by atoms with Crippen LogP contribution in [0.5, 0.6) is 0 Å². The van der Waals surface area contributed by atoms with E-state index in [0.717, 1.165) is 6.54 Å². The SMILES string of the molecule is CC(CC1CN(C(C)C)C(C)(C(C)(C)C)N1)N1C[C@H](C)N(C(C)C)C1C(C)(C)C. The van der Waals surface area contributed by atoms with Gasteiger partial charge in [-0.25, -0.2) is 0 Å². The summed E-state index contributed by atoms with van der Waals surface area (Å²) in [5, 5.41) is 4.08. The number of hydrogen-bond acceptors (Lipinski definition) is 4. The molecule has 0 aromatic carbocycles. The number of rotatable bonds is 5. The first-order valence-corrected chi connectivity index (χ1v) is 12.1. The van der Waals surface area contributed by atoms with Crippen molar-refractivity contribution in [3.05, 3.63) is 0 Å². The Kier molecular flexibility index (Phi) is 7.28. The third kappa shape index (κ3) is 4.86. The average molecular weight is 409 g/mol. The fourth-order valence-electron chi connectivity index (χ4n) is 6.07. The minimum atomic E-state index is 0.0389. The molecule has 0 aromatic heterocycles. The average Bonchev–Trinajstić information content (AvgIpc) is 3.04. The van der Waals surface area contributed by atoms with Crippen LogP contribution < -0.4 is 5.32 Å². The monoisotopic (exact) mass is 408 g/mol. The maximum Gasteiger partial charge on any atom is 0.0738 e. The standard InChI is InChI=1S/C25H52N4/c1-17(2)28-16-21(26-25(28,13)24(10,11)12)14-19(5)27-15-20(6)29(18(3)4)22(27)23(7,8)9/h17-22,26H,14-16H2,1-13H3/t19?,20-,21?,22?,25?/m0/s1. The molecular formula is C25H52N4. The zero-order valence-electron chi connectivity index (χ0n) is 21.9. The number of nitrogens with zero attached hydrogens (tertiary/aromatic N) is 3. The lowest BCUT2D eigenvalue weighted by Crippen LogP contribution is -2.60. The van der Waals surface area contributed by atoms with Crippen LogP contribution in [0.3, 0.4) is 0 Å². The zero-order chi connectivity index (χ0) is 22.5. The van der Waals surface area contributed by atoms with E-state index in [-0.39, 0.29) is 16.5 Å². The number of hydrogen-bond donors (Lipinski definition) is 1. The van der Waals surface area contributed by atoms with E-state index in [0.29, 0.717) is 36.4 Å². The van der Waals surface area contributed by atoms with E-state index in [1.165, 1.54) is 13.0 Å². The molecule has 0 aliphatic carbocycles. The lowest BCUT2D eigenvalue weighted by atomic mass is 9.80. The summed E-state index contributed by atoms with van der Waals surface area (Å²) in [6, 6.07) is 2.86. The summed E-state index contributed by atoms with van der Waals surface area (Å²) in [4.78, 5) is 8.25. The highest BCUT2D eigenvalue weighted by atomic mass is 15.5. The van der Waals surface area contributed by atoms with Crippen LogP contribution in [0, 0.1) is 10.8 Å². The first-order valence-electron chi connectivity index (χ1n) is 12.1. The second-order valence-electron chi connectivity index (χ2n) is 12.8. The van der Waals surface area contributed by atoms with Crippen molar-refractivity contribution >= 4 is 0 Å². The normalized spacial score (nSPS) is 34.7. The van der Waals surface area contributed by atoms with Gasteiger partial charge in [0.05, 0.1) is 11.8 Å². The molecule has 2 aliphatic heterocycles. The highest BCUT2D eigenvalue weighted by molar-refractivity contribution is 5.05. The molecule has 1 N–H and O–H groups in total. The van der Waals surface area contributed by atoms with Crippen molar-refractivity contribution in [2.45, 2.75) is 138 Å². The van der Waals surface area contributed by atoms with Crippen molar-refractivity contribution in [2.75, 3.05) is 13.1 Å². The summed E-state index contributed by atoms with van der Waals surface area (Å²) in [5.41, 5.74) is 0.480. The van der Waals surface area contributed by atoms with E-state index in [9.17, 15) is 0 Å². The van der Waals surface area contributed by atoms with Gasteiger partial charge in [-0.3, -0.25) is 20.0 Å². The van der Waals surface area contributed by atoms with Crippen LogP contribution in [0.2, 0.25) is 0 Å². The summed E-state index contributed by atoms with van der Waals surface area (Å²) < 4.78 is 0. The molecule has 2 saturated heterocycles. The molecule has 29 heavy (non-hydrogen) atoms. The maximum atomic E-state index is 4.08. The van der Waals surface area contributed by atoms with Crippen molar-refractivity contribution < 1.29 is 0 Å². The molecule has 0 bridgehead atoms. The summed E-state index contributed by atoms with van der Waals surface area (Å²) in [6.07, 6.45) is 1.71. The largest absolute Gasteiger partial charge is 0.295 e. The third-order valence-electron chi connectivity index (χ3n) is 7.70. The van der Waals surface area contributed by atoms with Gasteiger partial charge in [0.15, 0.2) is 0 Å². The van der Waals surface area contributed by atoms with Crippen LogP contribution in [0.1, 0.15) is 96.4 Å².